The first-order valence-corrected chi connectivity index (χ1v) is 6.11. The number of pyridine rings is 1. The van der Waals surface area contributed by atoms with E-state index in [9.17, 15) is 0 Å². The van der Waals surface area contributed by atoms with Crippen molar-refractivity contribution < 1.29 is 14.2 Å². The number of nitrogens with one attached hydrogen (secondary N) is 1. The summed E-state index contributed by atoms with van der Waals surface area (Å²) in [5.74, 6) is 2.82. The zero-order chi connectivity index (χ0) is 13.1. The lowest BCUT2D eigenvalue weighted by Crippen LogP contribution is -1.97. The number of fused-ring (bicyclic) bond motifs is 1. The van der Waals surface area contributed by atoms with Crippen LogP contribution in [0, 0.1) is 0 Å². The monoisotopic (exact) mass is 258 g/mol. The Kier molecular flexibility index (Phi) is 3.10. The van der Waals surface area contributed by atoms with E-state index in [2.05, 4.69) is 10.3 Å². The molecule has 1 aromatic heterocycles. The molecule has 1 aromatic carbocycles. The summed E-state index contributed by atoms with van der Waals surface area (Å²) in [6.07, 6.45) is 3.43. The summed E-state index contributed by atoms with van der Waals surface area (Å²) in [7, 11) is 0. The van der Waals surface area contributed by atoms with E-state index in [1.54, 1.807) is 12.4 Å². The Labute approximate surface area is 111 Å². The van der Waals surface area contributed by atoms with E-state index in [0.29, 0.717) is 17.2 Å². The molecule has 5 nitrogen and oxygen atoms in total. The van der Waals surface area contributed by atoms with Crippen LogP contribution in [-0.4, -0.2) is 18.3 Å². The van der Waals surface area contributed by atoms with Crippen LogP contribution in [-0.2, 0) is 0 Å². The fraction of sp³-hybridized carbons (Fsp3) is 0.214. The Hall–Kier alpha value is -2.43. The summed E-state index contributed by atoms with van der Waals surface area (Å²) in [5.41, 5.74) is 0.931. The minimum atomic E-state index is 0.260. The smallest absolute Gasteiger partial charge is 0.231 e. The largest absolute Gasteiger partial charge is 0.456 e. The molecule has 0 amide bonds. The molecule has 5 heteroatoms. The second kappa shape index (κ2) is 5.06. The van der Waals surface area contributed by atoms with Crippen LogP contribution in [0.5, 0.6) is 23.0 Å². The standard InChI is InChI=1S/C14H14N2O3/c1-2-16-10-5-12(8-15-7-10)19-11-3-4-13-14(6-11)18-9-17-13/h3-8,16H,2,9H2,1H3. The van der Waals surface area contributed by atoms with Crippen LogP contribution in [0.2, 0.25) is 0 Å². The highest BCUT2D eigenvalue weighted by molar-refractivity contribution is 5.49. The van der Waals surface area contributed by atoms with Gasteiger partial charge >= 0.3 is 0 Å². The van der Waals surface area contributed by atoms with Gasteiger partial charge < -0.3 is 19.5 Å². The van der Waals surface area contributed by atoms with E-state index in [1.165, 1.54) is 0 Å². The summed E-state index contributed by atoms with van der Waals surface area (Å²) >= 11 is 0. The second-order valence-corrected chi connectivity index (χ2v) is 4.06. The first-order valence-electron chi connectivity index (χ1n) is 6.11. The van der Waals surface area contributed by atoms with Crippen LogP contribution in [0.15, 0.2) is 36.7 Å². The highest BCUT2D eigenvalue weighted by atomic mass is 16.7. The predicted octanol–water partition coefficient (Wildman–Crippen LogP) is 3.03. The molecule has 0 radical (unpaired) electrons. The van der Waals surface area contributed by atoms with Crippen LogP contribution in [0.1, 0.15) is 6.92 Å². The third-order valence-corrected chi connectivity index (χ3v) is 2.67. The highest BCUT2D eigenvalue weighted by Crippen LogP contribution is 2.36. The average molecular weight is 258 g/mol. The number of benzene rings is 1. The third-order valence-electron chi connectivity index (χ3n) is 2.67. The van der Waals surface area contributed by atoms with Gasteiger partial charge in [0.2, 0.25) is 6.79 Å². The molecule has 0 fully saturated rings. The fourth-order valence-electron chi connectivity index (χ4n) is 1.85. The van der Waals surface area contributed by atoms with Gasteiger partial charge in [-0.05, 0) is 19.1 Å². The number of hydrogen-bond donors (Lipinski definition) is 1. The van der Waals surface area contributed by atoms with Crippen molar-refractivity contribution in [3.63, 3.8) is 0 Å². The fourth-order valence-corrected chi connectivity index (χ4v) is 1.85. The van der Waals surface area contributed by atoms with Crippen molar-refractivity contribution in [2.45, 2.75) is 6.92 Å². The molecule has 0 spiro atoms. The highest BCUT2D eigenvalue weighted by Gasteiger charge is 2.14. The van der Waals surface area contributed by atoms with Gasteiger partial charge in [-0.1, -0.05) is 0 Å². The van der Waals surface area contributed by atoms with Crippen molar-refractivity contribution in [3.05, 3.63) is 36.7 Å². The molecule has 1 N–H and O–H groups in total. The van der Waals surface area contributed by atoms with Gasteiger partial charge in [-0.15, -0.1) is 0 Å². The number of nitrogens with zero attached hydrogens (tertiary/aromatic N) is 1. The summed E-state index contributed by atoms with van der Waals surface area (Å²) in [6.45, 7) is 3.14. The zero-order valence-corrected chi connectivity index (χ0v) is 10.6. The van der Waals surface area contributed by atoms with Gasteiger partial charge in [-0.3, -0.25) is 4.98 Å². The Morgan fingerprint density at radius 1 is 1.16 bits per heavy atom. The molecule has 1 aliphatic heterocycles. The number of rotatable bonds is 4. The number of aromatic nitrogens is 1. The molecule has 0 saturated carbocycles. The van der Waals surface area contributed by atoms with Gasteiger partial charge in [0.05, 0.1) is 18.1 Å². The van der Waals surface area contributed by atoms with Crippen LogP contribution in [0.3, 0.4) is 0 Å². The van der Waals surface area contributed by atoms with Crippen molar-refractivity contribution in [1.29, 1.82) is 0 Å². The maximum atomic E-state index is 5.75. The predicted molar refractivity (Wildman–Crippen MR) is 71.0 cm³/mol. The summed E-state index contributed by atoms with van der Waals surface area (Å²) in [5, 5.41) is 3.19. The Bertz CT molecular complexity index is 587. The lowest BCUT2D eigenvalue weighted by molar-refractivity contribution is 0.174. The minimum absolute atomic E-state index is 0.260. The first kappa shape index (κ1) is 11.6. The molecular weight excluding hydrogens is 244 g/mol. The molecule has 0 atom stereocenters. The molecule has 0 saturated heterocycles. The van der Waals surface area contributed by atoms with E-state index in [1.807, 2.05) is 31.2 Å². The molecular formula is C14H14N2O3. The number of hydrogen-bond acceptors (Lipinski definition) is 5. The molecule has 19 heavy (non-hydrogen) atoms. The molecule has 98 valence electrons. The maximum absolute atomic E-state index is 5.75. The minimum Gasteiger partial charge on any atom is -0.456 e. The molecule has 0 bridgehead atoms. The van der Waals surface area contributed by atoms with Gasteiger partial charge in [-0.2, -0.15) is 0 Å². The first-order chi connectivity index (χ1) is 9.35. The van der Waals surface area contributed by atoms with Crippen LogP contribution in [0.4, 0.5) is 5.69 Å². The van der Waals surface area contributed by atoms with Gasteiger partial charge in [0.1, 0.15) is 11.5 Å². The van der Waals surface area contributed by atoms with Crippen molar-refractivity contribution in [3.8, 4) is 23.0 Å². The van der Waals surface area contributed by atoms with Crippen molar-refractivity contribution in [2.24, 2.45) is 0 Å². The van der Waals surface area contributed by atoms with Gasteiger partial charge in [0.25, 0.3) is 0 Å². The normalized spacial score (nSPS) is 12.3. The summed E-state index contributed by atoms with van der Waals surface area (Å²) < 4.78 is 16.3. The Balaban J connectivity index is 1.79. The summed E-state index contributed by atoms with van der Waals surface area (Å²) in [6, 6.07) is 7.38. The van der Waals surface area contributed by atoms with E-state index < -0.39 is 0 Å². The van der Waals surface area contributed by atoms with Crippen molar-refractivity contribution in [1.82, 2.24) is 4.98 Å². The van der Waals surface area contributed by atoms with Gasteiger partial charge in [-0.25, -0.2) is 0 Å². The second-order valence-electron chi connectivity index (χ2n) is 4.06. The lowest BCUT2D eigenvalue weighted by atomic mass is 10.3. The van der Waals surface area contributed by atoms with E-state index in [0.717, 1.165) is 18.0 Å². The SMILES string of the molecule is CCNc1cncc(Oc2ccc3c(c2)OCO3)c1. The zero-order valence-electron chi connectivity index (χ0n) is 10.6. The topological polar surface area (TPSA) is 52.6 Å². The molecule has 2 aromatic rings. The quantitative estimate of drug-likeness (QED) is 0.913. The molecule has 2 heterocycles. The van der Waals surface area contributed by atoms with E-state index in [4.69, 9.17) is 14.2 Å². The molecule has 3 rings (SSSR count). The number of anilines is 1. The maximum Gasteiger partial charge on any atom is 0.231 e. The van der Waals surface area contributed by atoms with Crippen LogP contribution < -0.4 is 19.5 Å². The molecule has 1 aliphatic rings. The Morgan fingerprint density at radius 3 is 2.95 bits per heavy atom. The molecule has 0 aliphatic carbocycles. The van der Waals surface area contributed by atoms with Crippen molar-refractivity contribution in [2.75, 3.05) is 18.7 Å². The van der Waals surface area contributed by atoms with Crippen molar-refractivity contribution >= 4 is 5.69 Å². The van der Waals surface area contributed by atoms with Gasteiger partial charge in [0, 0.05) is 18.7 Å². The average Bonchev–Trinajstić information content (AvgIpc) is 2.87. The Morgan fingerprint density at radius 2 is 2.05 bits per heavy atom. The number of ether oxygens (including phenoxy) is 3. The van der Waals surface area contributed by atoms with Crippen LogP contribution >= 0.6 is 0 Å². The van der Waals surface area contributed by atoms with E-state index >= 15 is 0 Å². The van der Waals surface area contributed by atoms with Gasteiger partial charge in [0.15, 0.2) is 11.5 Å². The molecule has 0 unspecified atom stereocenters. The van der Waals surface area contributed by atoms with E-state index in [-0.39, 0.29) is 6.79 Å². The summed E-state index contributed by atoms with van der Waals surface area (Å²) in [4.78, 5) is 4.13. The van der Waals surface area contributed by atoms with Crippen LogP contribution in [0.25, 0.3) is 0 Å². The third kappa shape index (κ3) is 2.54. The lowest BCUT2D eigenvalue weighted by Gasteiger charge is -2.08.